The van der Waals surface area contributed by atoms with Crippen LogP contribution in [0.25, 0.3) is 10.9 Å². The van der Waals surface area contributed by atoms with Crippen LogP contribution >= 0.6 is 23.2 Å². The highest BCUT2D eigenvalue weighted by molar-refractivity contribution is 6.36. The highest BCUT2D eigenvalue weighted by atomic mass is 35.5. The molecule has 2 aromatic carbocycles. The van der Waals surface area contributed by atoms with Gasteiger partial charge in [0.25, 0.3) is 5.91 Å². The second-order valence-electron chi connectivity index (χ2n) is 6.54. The Hall–Kier alpha value is -2.77. The SMILES string of the molecule is Nc1nc(N)c2c(N3CCN(C(=O)c4ccc(Cl)cc4Cl)CC3)cccc2n1. The molecule has 0 radical (unpaired) electrons. The Morgan fingerprint density at radius 3 is 2.46 bits per heavy atom. The van der Waals surface area contributed by atoms with Crippen molar-refractivity contribution in [2.45, 2.75) is 0 Å². The number of fused-ring (bicyclic) bond motifs is 1. The zero-order valence-corrected chi connectivity index (χ0v) is 16.4. The second-order valence-corrected chi connectivity index (χ2v) is 7.39. The molecule has 4 rings (SSSR count). The van der Waals surface area contributed by atoms with Gasteiger partial charge in [-0.05, 0) is 30.3 Å². The van der Waals surface area contributed by atoms with Gasteiger partial charge in [0.2, 0.25) is 5.95 Å². The summed E-state index contributed by atoms with van der Waals surface area (Å²) in [4.78, 5) is 25.1. The molecule has 2 heterocycles. The highest BCUT2D eigenvalue weighted by Crippen LogP contribution is 2.31. The summed E-state index contributed by atoms with van der Waals surface area (Å²) >= 11 is 12.1. The molecule has 1 fully saturated rings. The molecule has 7 nitrogen and oxygen atoms in total. The van der Waals surface area contributed by atoms with Crippen molar-refractivity contribution in [3.05, 3.63) is 52.0 Å². The summed E-state index contributed by atoms with van der Waals surface area (Å²) in [6, 6.07) is 10.7. The van der Waals surface area contributed by atoms with Crippen LogP contribution in [0.2, 0.25) is 10.0 Å². The lowest BCUT2D eigenvalue weighted by Gasteiger charge is -2.36. The molecule has 0 aliphatic carbocycles. The Kier molecular flexibility index (Phi) is 4.87. The van der Waals surface area contributed by atoms with E-state index in [4.69, 9.17) is 34.7 Å². The first-order chi connectivity index (χ1) is 13.4. The maximum atomic E-state index is 12.8. The number of anilines is 3. The number of carbonyl (C=O) groups is 1. The van der Waals surface area contributed by atoms with Crippen LogP contribution in [0.4, 0.5) is 17.5 Å². The fourth-order valence-electron chi connectivity index (χ4n) is 3.46. The van der Waals surface area contributed by atoms with Gasteiger partial charge in [-0.3, -0.25) is 4.79 Å². The van der Waals surface area contributed by atoms with E-state index in [0.717, 1.165) is 11.1 Å². The molecule has 3 aromatic rings. The first-order valence-electron chi connectivity index (χ1n) is 8.75. The van der Waals surface area contributed by atoms with Crippen LogP contribution in [0.1, 0.15) is 10.4 Å². The third-order valence-electron chi connectivity index (χ3n) is 4.82. The molecule has 1 amide bonds. The number of amides is 1. The van der Waals surface area contributed by atoms with E-state index in [1.807, 2.05) is 18.2 Å². The average Bonchev–Trinajstić information content (AvgIpc) is 2.67. The number of nitrogen functional groups attached to an aromatic ring is 2. The fourth-order valence-corrected chi connectivity index (χ4v) is 3.95. The summed E-state index contributed by atoms with van der Waals surface area (Å²) in [5, 5.41) is 1.64. The molecule has 1 aliphatic rings. The normalized spacial score (nSPS) is 14.5. The smallest absolute Gasteiger partial charge is 0.255 e. The van der Waals surface area contributed by atoms with Gasteiger partial charge in [-0.1, -0.05) is 29.3 Å². The van der Waals surface area contributed by atoms with Crippen LogP contribution in [0.5, 0.6) is 0 Å². The Labute approximate surface area is 171 Å². The highest BCUT2D eigenvalue weighted by Gasteiger charge is 2.25. The number of benzene rings is 2. The van der Waals surface area contributed by atoms with Crippen molar-refractivity contribution >= 4 is 57.5 Å². The maximum absolute atomic E-state index is 12.8. The average molecular weight is 417 g/mol. The topological polar surface area (TPSA) is 101 Å². The summed E-state index contributed by atoms with van der Waals surface area (Å²) in [6.07, 6.45) is 0. The van der Waals surface area contributed by atoms with E-state index in [1.165, 1.54) is 0 Å². The number of rotatable bonds is 2. The van der Waals surface area contributed by atoms with Crippen LogP contribution in [0, 0.1) is 0 Å². The number of nitrogens with two attached hydrogens (primary N) is 2. The number of piperazine rings is 1. The lowest BCUT2D eigenvalue weighted by Crippen LogP contribution is -2.49. The van der Waals surface area contributed by atoms with E-state index in [0.29, 0.717) is 53.1 Å². The summed E-state index contributed by atoms with van der Waals surface area (Å²) in [6.45, 7) is 2.42. The second kappa shape index (κ2) is 7.33. The molecule has 1 aromatic heterocycles. The molecule has 0 bridgehead atoms. The Morgan fingerprint density at radius 2 is 1.75 bits per heavy atom. The minimum atomic E-state index is -0.102. The monoisotopic (exact) mass is 416 g/mol. The number of hydrogen-bond donors (Lipinski definition) is 2. The summed E-state index contributed by atoms with van der Waals surface area (Å²) in [5.41, 5.74) is 13.9. The Bertz CT molecular complexity index is 1070. The van der Waals surface area contributed by atoms with Gasteiger partial charge in [-0.2, -0.15) is 4.98 Å². The van der Waals surface area contributed by atoms with Crippen molar-refractivity contribution in [2.24, 2.45) is 0 Å². The quantitative estimate of drug-likeness (QED) is 0.665. The zero-order valence-electron chi connectivity index (χ0n) is 14.9. The number of aromatic nitrogens is 2. The van der Waals surface area contributed by atoms with Crippen LogP contribution in [-0.2, 0) is 0 Å². The van der Waals surface area contributed by atoms with Crippen LogP contribution < -0.4 is 16.4 Å². The van der Waals surface area contributed by atoms with Gasteiger partial charge < -0.3 is 21.3 Å². The molecule has 0 saturated carbocycles. The first-order valence-corrected chi connectivity index (χ1v) is 9.50. The van der Waals surface area contributed by atoms with Crippen molar-refractivity contribution in [2.75, 3.05) is 42.5 Å². The molecule has 0 spiro atoms. The molecule has 4 N–H and O–H groups in total. The van der Waals surface area contributed by atoms with Gasteiger partial charge >= 0.3 is 0 Å². The van der Waals surface area contributed by atoms with Crippen molar-refractivity contribution in [1.29, 1.82) is 0 Å². The third kappa shape index (κ3) is 3.39. The number of nitrogens with zero attached hydrogens (tertiary/aromatic N) is 4. The lowest BCUT2D eigenvalue weighted by molar-refractivity contribution is 0.0747. The van der Waals surface area contributed by atoms with E-state index in [9.17, 15) is 4.79 Å². The third-order valence-corrected chi connectivity index (χ3v) is 5.36. The molecular formula is C19H18Cl2N6O. The van der Waals surface area contributed by atoms with Crippen molar-refractivity contribution in [1.82, 2.24) is 14.9 Å². The van der Waals surface area contributed by atoms with Gasteiger partial charge in [-0.15, -0.1) is 0 Å². The molecule has 28 heavy (non-hydrogen) atoms. The number of hydrogen-bond acceptors (Lipinski definition) is 6. The first kappa shape index (κ1) is 18.6. The van der Waals surface area contributed by atoms with E-state index in [-0.39, 0.29) is 11.9 Å². The molecule has 0 unspecified atom stereocenters. The minimum Gasteiger partial charge on any atom is -0.383 e. The van der Waals surface area contributed by atoms with Gasteiger partial charge in [0.1, 0.15) is 5.82 Å². The van der Waals surface area contributed by atoms with Crippen molar-refractivity contribution in [3.8, 4) is 0 Å². The predicted molar refractivity (Wildman–Crippen MR) is 113 cm³/mol. The Balaban J connectivity index is 1.55. The van der Waals surface area contributed by atoms with Crippen molar-refractivity contribution in [3.63, 3.8) is 0 Å². The largest absolute Gasteiger partial charge is 0.383 e. The summed E-state index contributed by atoms with van der Waals surface area (Å²) in [7, 11) is 0. The number of carbonyl (C=O) groups excluding carboxylic acids is 1. The maximum Gasteiger partial charge on any atom is 0.255 e. The number of halogens is 2. The molecule has 144 valence electrons. The summed E-state index contributed by atoms with van der Waals surface area (Å²) in [5.74, 6) is 0.400. The van der Waals surface area contributed by atoms with E-state index in [1.54, 1.807) is 23.1 Å². The van der Waals surface area contributed by atoms with Crippen molar-refractivity contribution < 1.29 is 4.79 Å². The fraction of sp³-hybridized carbons (Fsp3) is 0.211. The lowest BCUT2D eigenvalue weighted by atomic mass is 10.1. The van der Waals surface area contributed by atoms with E-state index < -0.39 is 0 Å². The van der Waals surface area contributed by atoms with E-state index in [2.05, 4.69) is 14.9 Å². The predicted octanol–water partition coefficient (Wildman–Crippen LogP) is 3.06. The van der Waals surface area contributed by atoms with Gasteiger partial charge in [0, 0.05) is 31.2 Å². The van der Waals surface area contributed by atoms with Crippen LogP contribution in [0.15, 0.2) is 36.4 Å². The zero-order chi connectivity index (χ0) is 19.8. The standard InChI is InChI=1S/C19H18Cl2N6O/c20-11-4-5-12(13(21)10-11)18(28)27-8-6-26(7-9-27)15-3-1-2-14-16(15)17(22)25-19(23)24-14/h1-5,10H,6-9H2,(H4,22,23,24,25). The Morgan fingerprint density at radius 1 is 1.00 bits per heavy atom. The summed E-state index contributed by atoms with van der Waals surface area (Å²) < 4.78 is 0. The van der Waals surface area contributed by atoms with E-state index >= 15 is 0 Å². The molecule has 9 heteroatoms. The minimum absolute atomic E-state index is 0.102. The molecule has 1 aliphatic heterocycles. The van der Waals surface area contributed by atoms with Gasteiger partial charge in [0.05, 0.1) is 27.2 Å². The van der Waals surface area contributed by atoms with Crippen LogP contribution in [0.3, 0.4) is 0 Å². The van der Waals surface area contributed by atoms with Gasteiger partial charge in [0.15, 0.2) is 0 Å². The van der Waals surface area contributed by atoms with Gasteiger partial charge in [-0.25, -0.2) is 4.98 Å². The molecule has 1 saturated heterocycles. The molecular weight excluding hydrogens is 399 g/mol. The van der Waals surface area contributed by atoms with Crippen LogP contribution in [-0.4, -0.2) is 47.0 Å². The molecule has 0 atom stereocenters.